The highest BCUT2D eigenvalue weighted by Gasteiger charge is 2.18. The zero-order valence-electron chi connectivity index (χ0n) is 13.9. The number of halogens is 1. The number of amides is 1. The molecule has 1 aromatic heterocycles. The van der Waals surface area contributed by atoms with Crippen molar-refractivity contribution in [3.63, 3.8) is 0 Å². The summed E-state index contributed by atoms with van der Waals surface area (Å²) in [5.74, 6) is 0.0585. The summed E-state index contributed by atoms with van der Waals surface area (Å²) in [4.78, 5) is 17.7. The van der Waals surface area contributed by atoms with Gasteiger partial charge >= 0.3 is 0 Å². The summed E-state index contributed by atoms with van der Waals surface area (Å²) in [6, 6.07) is 7.68. The minimum Gasteiger partial charge on any atom is -0.347 e. The summed E-state index contributed by atoms with van der Waals surface area (Å²) >= 11 is 7.52. The lowest BCUT2D eigenvalue weighted by Crippen LogP contribution is -3.09. The number of carbonyl (C=O) groups is 1. The molecule has 1 amide bonds. The van der Waals surface area contributed by atoms with E-state index in [1.807, 2.05) is 52.1 Å². The van der Waals surface area contributed by atoms with Crippen LogP contribution in [0.25, 0.3) is 10.6 Å². The monoisotopic (exact) mass is 352 g/mol. The Morgan fingerprint density at radius 2 is 1.96 bits per heavy atom. The van der Waals surface area contributed by atoms with Crippen LogP contribution < -0.4 is 10.2 Å². The van der Waals surface area contributed by atoms with Gasteiger partial charge < -0.3 is 10.2 Å². The second-order valence-corrected chi connectivity index (χ2v) is 8.05. The highest BCUT2D eigenvalue weighted by molar-refractivity contribution is 7.13. The number of benzene rings is 1. The van der Waals surface area contributed by atoms with Crippen LogP contribution in [0.15, 0.2) is 29.6 Å². The molecule has 0 radical (unpaired) electrons. The van der Waals surface area contributed by atoms with E-state index in [0.29, 0.717) is 6.54 Å². The minimum atomic E-state index is -0.195. The number of rotatable bonds is 5. The van der Waals surface area contributed by atoms with Crippen molar-refractivity contribution in [3.8, 4) is 10.6 Å². The van der Waals surface area contributed by atoms with Crippen molar-refractivity contribution in [1.29, 1.82) is 0 Å². The Morgan fingerprint density at radius 1 is 1.30 bits per heavy atom. The lowest BCUT2D eigenvalue weighted by molar-refractivity contribution is -0.885. The third kappa shape index (κ3) is 5.94. The van der Waals surface area contributed by atoms with Crippen LogP contribution in [0.4, 0.5) is 0 Å². The number of hydrogen-bond donors (Lipinski definition) is 2. The van der Waals surface area contributed by atoms with Gasteiger partial charge in [-0.05, 0) is 32.9 Å². The van der Waals surface area contributed by atoms with Crippen molar-refractivity contribution in [2.75, 3.05) is 13.6 Å². The van der Waals surface area contributed by atoms with E-state index < -0.39 is 0 Å². The van der Waals surface area contributed by atoms with Crippen molar-refractivity contribution in [3.05, 3.63) is 40.4 Å². The van der Waals surface area contributed by atoms with Crippen LogP contribution in [-0.2, 0) is 11.3 Å². The zero-order valence-corrected chi connectivity index (χ0v) is 15.5. The van der Waals surface area contributed by atoms with Crippen molar-refractivity contribution in [2.24, 2.45) is 0 Å². The third-order valence-electron chi connectivity index (χ3n) is 3.10. The van der Waals surface area contributed by atoms with Crippen LogP contribution in [0.5, 0.6) is 0 Å². The van der Waals surface area contributed by atoms with Gasteiger partial charge in [-0.1, -0.05) is 23.7 Å². The number of likely N-dealkylation sites (N-methyl/N-ethyl adjacent to an activating group) is 1. The van der Waals surface area contributed by atoms with Crippen LogP contribution in [0.3, 0.4) is 0 Å². The van der Waals surface area contributed by atoms with E-state index in [0.717, 1.165) is 32.7 Å². The molecule has 1 heterocycles. The quantitative estimate of drug-likeness (QED) is 0.868. The Balaban J connectivity index is 1.93. The third-order valence-corrected chi connectivity index (χ3v) is 4.29. The van der Waals surface area contributed by atoms with E-state index in [4.69, 9.17) is 11.6 Å². The number of carbonyl (C=O) groups excluding carboxylic acids is 1. The first kappa shape index (κ1) is 17.9. The van der Waals surface area contributed by atoms with Gasteiger partial charge in [0.25, 0.3) is 5.91 Å². The van der Waals surface area contributed by atoms with Crippen LogP contribution in [0.2, 0.25) is 5.02 Å². The molecule has 0 aliphatic rings. The summed E-state index contributed by atoms with van der Waals surface area (Å²) < 4.78 is 0. The van der Waals surface area contributed by atoms with E-state index >= 15 is 0 Å². The molecule has 2 aromatic rings. The zero-order chi connectivity index (χ0) is 17.0. The van der Waals surface area contributed by atoms with Gasteiger partial charge in [-0.3, -0.25) is 4.79 Å². The van der Waals surface area contributed by atoms with E-state index in [2.05, 4.69) is 15.7 Å². The molecule has 124 valence electrons. The van der Waals surface area contributed by atoms with Crippen LogP contribution in [0, 0.1) is 0 Å². The Labute approximate surface area is 146 Å². The first-order valence-corrected chi connectivity index (χ1v) is 8.81. The van der Waals surface area contributed by atoms with Gasteiger partial charge in [-0.15, -0.1) is 11.3 Å². The number of hydrogen-bond acceptors (Lipinski definition) is 3. The molecule has 2 rings (SSSR count). The van der Waals surface area contributed by atoms with Gasteiger partial charge in [0.2, 0.25) is 0 Å². The van der Waals surface area contributed by atoms with Crippen LogP contribution >= 0.6 is 22.9 Å². The summed E-state index contributed by atoms with van der Waals surface area (Å²) in [7, 11) is 2.00. The molecule has 6 heteroatoms. The maximum absolute atomic E-state index is 12.0. The van der Waals surface area contributed by atoms with Crippen molar-refractivity contribution < 1.29 is 9.69 Å². The van der Waals surface area contributed by atoms with E-state index in [-0.39, 0.29) is 11.4 Å². The molecule has 1 atom stereocenters. The van der Waals surface area contributed by atoms with E-state index in [1.165, 1.54) is 0 Å². The average Bonchev–Trinajstić information content (AvgIpc) is 2.85. The number of quaternary nitrogens is 1. The number of aromatic nitrogens is 1. The lowest BCUT2D eigenvalue weighted by Gasteiger charge is -2.21. The smallest absolute Gasteiger partial charge is 0.275 e. The maximum atomic E-state index is 12.0. The highest BCUT2D eigenvalue weighted by atomic mass is 35.5. The number of nitrogens with one attached hydrogen (secondary N) is 2. The lowest BCUT2D eigenvalue weighted by atomic mass is 10.1. The number of nitrogens with zero attached hydrogens (tertiary/aromatic N) is 1. The second-order valence-electron chi connectivity index (χ2n) is 6.76. The minimum absolute atomic E-state index is 0.0585. The van der Waals surface area contributed by atoms with Gasteiger partial charge in [0.15, 0.2) is 6.54 Å². The van der Waals surface area contributed by atoms with Gasteiger partial charge in [0, 0.05) is 21.5 Å². The fourth-order valence-corrected chi connectivity index (χ4v) is 3.17. The summed E-state index contributed by atoms with van der Waals surface area (Å²) in [5.41, 5.74) is 1.87. The second kappa shape index (κ2) is 7.43. The maximum Gasteiger partial charge on any atom is 0.275 e. The van der Waals surface area contributed by atoms with Gasteiger partial charge in [0.1, 0.15) is 17.2 Å². The Hall–Kier alpha value is -1.43. The van der Waals surface area contributed by atoms with Crippen LogP contribution in [-0.4, -0.2) is 30.0 Å². The van der Waals surface area contributed by atoms with E-state index in [9.17, 15) is 4.79 Å². The molecule has 0 bridgehead atoms. The average molecular weight is 353 g/mol. The molecule has 23 heavy (non-hydrogen) atoms. The van der Waals surface area contributed by atoms with Crippen molar-refractivity contribution in [2.45, 2.75) is 32.9 Å². The molecule has 0 fully saturated rings. The van der Waals surface area contributed by atoms with Crippen molar-refractivity contribution in [1.82, 2.24) is 10.3 Å². The first-order valence-electron chi connectivity index (χ1n) is 7.55. The fraction of sp³-hybridized carbons (Fsp3) is 0.412. The highest BCUT2D eigenvalue weighted by Crippen LogP contribution is 2.24. The molecule has 0 spiro atoms. The molecule has 1 unspecified atom stereocenters. The fourth-order valence-electron chi connectivity index (χ4n) is 2.22. The molecule has 2 N–H and O–H groups in total. The molecular weight excluding hydrogens is 330 g/mol. The Bertz CT molecular complexity index is 661. The summed E-state index contributed by atoms with van der Waals surface area (Å²) in [6.07, 6.45) is 0. The standard InChI is InChI=1S/C17H22ClN3OS/c1-17(2,3)20-15(22)10-21(4)9-14-11-23-16(19-14)12-5-7-13(18)8-6-12/h5-8,11H,9-10H2,1-4H3,(H,20,22)/p+1. The Kier molecular flexibility index (Phi) is 5.79. The molecule has 0 saturated heterocycles. The topological polar surface area (TPSA) is 46.4 Å². The van der Waals surface area contributed by atoms with Gasteiger partial charge in [-0.2, -0.15) is 0 Å². The molecule has 0 saturated carbocycles. The SMILES string of the molecule is C[NH+](CC(=O)NC(C)(C)C)Cc1csc(-c2ccc(Cl)cc2)n1. The summed E-state index contributed by atoms with van der Waals surface area (Å²) in [6.45, 7) is 7.11. The Morgan fingerprint density at radius 3 is 2.57 bits per heavy atom. The van der Waals surface area contributed by atoms with E-state index in [1.54, 1.807) is 11.3 Å². The normalized spacial score (nSPS) is 12.9. The molecule has 0 aliphatic carbocycles. The summed E-state index contributed by atoms with van der Waals surface area (Å²) in [5, 5.41) is 6.73. The van der Waals surface area contributed by atoms with Crippen molar-refractivity contribution >= 4 is 28.8 Å². The number of thiazole rings is 1. The predicted octanol–water partition coefficient (Wildman–Crippen LogP) is 2.39. The van der Waals surface area contributed by atoms with Gasteiger partial charge in [-0.25, -0.2) is 4.98 Å². The molecule has 1 aromatic carbocycles. The van der Waals surface area contributed by atoms with Gasteiger partial charge in [0.05, 0.1) is 7.05 Å². The molecule has 0 aliphatic heterocycles. The molecule has 4 nitrogen and oxygen atoms in total. The predicted molar refractivity (Wildman–Crippen MR) is 95.9 cm³/mol. The largest absolute Gasteiger partial charge is 0.347 e. The molecular formula is C17H23ClN3OS+. The first-order chi connectivity index (χ1) is 10.7. The van der Waals surface area contributed by atoms with Crippen LogP contribution in [0.1, 0.15) is 26.5 Å².